The summed E-state index contributed by atoms with van der Waals surface area (Å²) in [7, 11) is 0. The summed E-state index contributed by atoms with van der Waals surface area (Å²) in [6, 6.07) is 12.6. The van der Waals surface area contributed by atoms with Gasteiger partial charge in [-0.15, -0.1) is 0 Å². The lowest BCUT2D eigenvalue weighted by Crippen LogP contribution is -2.29. The Morgan fingerprint density at radius 1 is 1.12 bits per heavy atom. The number of ether oxygens (including phenoxy) is 1. The first-order valence-corrected chi connectivity index (χ1v) is 7.97. The lowest BCUT2D eigenvalue weighted by Gasteiger charge is -2.10. The first kappa shape index (κ1) is 18.8. The smallest absolute Gasteiger partial charge is 0.416 e. The van der Waals surface area contributed by atoms with Crippen LogP contribution < -0.4 is 10.1 Å². The summed E-state index contributed by atoms with van der Waals surface area (Å²) in [5, 5.41) is 2.69. The molecule has 0 aliphatic heterocycles. The molecule has 2 aromatic carbocycles. The van der Waals surface area contributed by atoms with Gasteiger partial charge in [0, 0.05) is 6.54 Å². The van der Waals surface area contributed by atoms with E-state index < -0.39 is 11.7 Å². The molecular weight excluding hydrogens is 331 g/mol. The SMILES string of the molecule is Cc1ccc(CCCNC(=O)COc2cccc(C(F)(F)F)c2)cc1. The summed E-state index contributed by atoms with van der Waals surface area (Å²) in [4.78, 5) is 11.7. The van der Waals surface area contributed by atoms with Gasteiger partial charge in [-0.3, -0.25) is 4.79 Å². The first-order valence-electron chi connectivity index (χ1n) is 7.97. The second-order valence-electron chi connectivity index (χ2n) is 5.75. The van der Waals surface area contributed by atoms with Crippen molar-refractivity contribution in [3.63, 3.8) is 0 Å². The van der Waals surface area contributed by atoms with Gasteiger partial charge in [0.15, 0.2) is 6.61 Å². The third-order valence-electron chi connectivity index (χ3n) is 3.62. The van der Waals surface area contributed by atoms with Crippen LogP contribution in [0.4, 0.5) is 13.2 Å². The summed E-state index contributed by atoms with van der Waals surface area (Å²) in [5.41, 5.74) is 1.59. The fourth-order valence-corrected chi connectivity index (χ4v) is 2.24. The Kier molecular flexibility index (Phi) is 6.44. The summed E-state index contributed by atoms with van der Waals surface area (Å²) in [6.45, 7) is 2.19. The molecule has 0 fully saturated rings. The highest BCUT2D eigenvalue weighted by Gasteiger charge is 2.30. The second kappa shape index (κ2) is 8.55. The number of carbonyl (C=O) groups excluding carboxylic acids is 1. The van der Waals surface area contributed by atoms with Crippen molar-refractivity contribution in [2.24, 2.45) is 0 Å². The van der Waals surface area contributed by atoms with Crippen LogP contribution in [-0.4, -0.2) is 19.1 Å². The lowest BCUT2D eigenvalue weighted by molar-refractivity contribution is -0.137. The number of rotatable bonds is 7. The minimum absolute atomic E-state index is 0.0182. The number of alkyl halides is 3. The standard InChI is InChI=1S/C19H20F3NO2/c1-14-7-9-15(10-8-14)4-3-11-23-18(24)13-25-17-6-2-5-16(12-17)19(20,21)22/h2,5-10,12H,3-4,11,13H2,1H3,(H,23,24). The molecule has 6 heteroatoms. The van der Waals surface area contributed by atoms with E-state index in [1.54, 1.807) is 0 Å². The van der Waals surface area contributed by atoms with Gasteiger partial charge in [-0.05, 0) is 43.5 Å². The van der Waals surface area contributed by atoms with Gasteiger partial charge in [0.1, 0.15) is 5.75 Å². The Morgan fingerprint density at radius 2 is 1.84 bits per heavy atom. The van der Waals surface area contributed by atoms with Crippen molar-refractivity contribution in [3.05, 3.63) is 65.2 Å². The van der Waals surface area contributed by atoms with Crippen LogP contribution in [0.25, 0.3) is 0 Å². The minimum atomic E-state index is -4.43. The fourth-order valence-electron chi connectivity index (χ4n) is 2.24. The molecule has 1 amide bonds. The zero-order chi connectivity index (χ0) is 18.3. The van der Waals surface area contributed by atoms with Crippen LogP contribution in [0.5, 0.6) is 5.75 Å². The maximum absolute atomic E-state index is 12.6. The fraction of sp³-hybridized carbons (Fsp3) is 0.316. The molecule has 0 aliphatic rings. The third-order valence-corrected chi connectivity index (χ3v) is 3.62. The average molecular weight is 351 g/mol. The van der Waals surface area contributed by atoms with E-state index in [2.05, 4.69) is 5.32 Å². The molecule has 0 unspecified atom stereocenters. The average Bonchev–Trinajstić information content (AvgIpc) is 2.58. The van der Waals surface area contributed by atoms with Crippen molar-refractivity contribution in [2.45, 2.75) is 25.9 Å². The highest BCUT2D eigenvalue weighted by molar-refractivity contribution is 5.77. The predicted octanol–water partition coefficient (Wildman–Crippen LogP) is 4.14. The number of nitrogens with one attached hydrogen (secondary N) is 1. The maximum Gasteiger partial charge on any atom is 0.416 e. The molecule has 0 atom stereocenters. The van der Waals surface area contributed by atoms with Crippen molar-refractivity contribution in [2.75, 3.05) is 13.2 Å². The van der Waals surface area contributed by atoms with Gasteiger partial charge in [0.2, 0.25) is 0 Å². The molecule has 0 radical (unpaired) electrons. The molecule has 134 valence electrons. The van der Waals surface area contributed by atoms with Gasteiger partial charge in [-0.1, -0.05) is 35.9 Å². The van der Waals surface area contributed by atoms with E-state index >= 15 is 0 Å². The van der Waals surface area contributed by atoms with Crippen molar-refractivity contribution in [1.29, 1.82) is 0 Å². The van der Waals surface area contributed by atoms with Gasteiger partial charge in [0.25, 0.3) is 5.91 Å². The van der Waals surface area contributed by atoms with E-state index in [1.165, 1.54) is 23.3 Å². The predicted molar refractivity (Wildman–Crippen MR) is 89.4 cm³/mol. The lowest BCUT2D eigenvalue weighted by atomic mass is 10.1. The normalized spacial score (nSPS) is 11.2. The van der Waals surface area contributed by atoms with Crippen molar-refractivity contribution in [3.8, 4) is 5.75 Å². The number of amides is 1. The van der Waals surface area contributed by atoms with E-state index in [0.29, 0.717) is 6.54 Å². The highest BCUT2D eigenvalue weighted by atomic mass is 19.4. The summed E-state index contributed by atoms with van der Waals surface area (Å²) >= 11 is 0. The molecule has 1 N–H and O–H groups in total. The van der Waals surface area contributed by atoms with E-state index in [9.17, 15) is 18.0 Å². The molecule has 0 saturated carbocycles. The van der Waals surface area contributed by atoms with Crippen LogP contribution in [0.15, 0.2) is 48.5 Å². The molecule has 2 aromatic rings. The molecule has 0 saturated heterocycles. The van der Waals surface area contributed by atoms with E-state index in [4.69, 9.17) is 4.74 Å². The van der Waals surface area contributed by atoms with Crippen LogP contribution in [0, 0.1) is 6.92 Å². The Bertz CT molecular complexity index is 697. The van der Waals surface area contributed by atoms with Gasteiger partial charge in [-0.2, -0.15) is 13.2 Å². The van der Waals surface area contributed by atoms with Crippen LogP contribution in [0.3, 0.4) is 0 Å². The van der Waals surface area contributed by atoms with Crippen molar-refractivity contribution >= 4 is 5.91 Å². The molecule has 0 bridgehead atoms. The zero-order valence-electron chi connectivity index (χ0n) is 13.9. The molecule has 0 heterocycles. The number of hydrogen-bond acceptors (Lipinski definition) is 2. The number of benzene rings is 2. The zero-order valence-corrected chi connectivity index (χ0v) is 13.9. The summed E-state index contributed by atoms with van der Waals surface area (Å²) in [6.07, 6.45) is -2.81. The maximum atomic E-state index is 12.6. The number of halogens is 3. The van der Waals surface area contributed by atoms with Gasteiger partial charge < -0.3 is 10.1 Å². The highest BCUT2D eigenvalue weighted by Crippen LogP contribution is 2.31. The van der Waals surface area contributed by atoms with Crippen LogP contribution in [-0.2, 0) is 17.4 Å². The summed E-state index contributed by atoms with van der Waals surface area (Å²) in [5.74, 6) is -0.342. The van der Waals surface area contributed by atoms with Crippen molar-refractivity contribution in [1.82, 2.24) is 5.32 Å². The first-order chi connectivity index (χ1) is 11.8. The van der Waals surface area contributed by atoms with Gasteiger partial charge in [0.05, 0.1) is 5.56 Å². The number of aryl methyl sites for hydroxylation is 2. The monoisotopic (exact) mass is 351 g/mol. The number of carbonyl (C=O) groups is 1. The van der Waals surface area contributed by atoms with E-state index in [0.717, 1.165) is 25.0 Å². The molecule has 2 rings (SSSR count). The van der Waals surface area contributed by atoms with Crippen LogP contribution in [0.2, 0.25) is 0 Å². The molecule has 0 aliphatic carbocycles. The van der Waals surface area contributed by atoms with E-state index in [1.807, 2.05) is 31.2 Å². The Balaban J connectivity index is 1.69. The minimum Gasteiger partial charge on any atom is -0.484 e. The Labute approximate surface area is 144 Å². The summed E-state index contributed by atoms with van der Waals surface area (Å²) < 4.78 is 42.9. The quantitative estimate of drug-likeness (QED) is 0.762. The molecule has 25 heavy (non-hydrogen) atoms. The van der Waals surface area contributed by atoms with Gasteiger partial charge in [-0.25, -0.2) is 0 Å². The third kappa shape index (κ3) is 6.49. The van der Waals surface area contributed by atoms with Gasteiger partial charge >= 0.3 is 6.18 Å². The van der Waals surface area contributed by atoms with Crippen molar-refractivity contribution < 1.29 is 22.7 Å². The Morgan fingerprint density at radius 3 is 2.52 bits per heavy atom. The Hall–Kier alpha value is -2.50. The topological polar surface area (TPSA) is 38.3 Å². The largest absolute Gasteiger partial charge is 0.484 e. The molecular formula is C19H20F3NO2. The number of hydrogen-bond donors (Lipinski definition) is 1. The molecule has 0 spiro atoms. The molecule has 3 nitrogen and oxygen atoms in total. The van der Waals surface area contributed by atoms with Crippen LogP contribution >= 0.6 is 0 Å². The molecule has 0 aromatic heterocycles. The second-order valence-corrected chi connectivity index (χ2v) is 5.75. The van der Waals surface area contributed by atoms with Crippen LogP contribution in [0.1, 0.15) is 23.1 Å². The van der Waals surface area contributed by atoms with E-state index in [-0.39, 0.29) is 18.3 Å².